The molecule has 1 aliphatic heterocycles. The zero-order chi connectivity index (χ0) is 22.8. The van der Waals surface area contributed by atoms with E-state index in [2.05, 4.69) is 15.0 Å². The number of hydrogen-bond donors (Lipinski definition) is 1. The number of nitrogens with zero attached hydrogens (tertiary/aromatic N) is 2. The van der Waals surface area contributed by atoms with Crippen molar-refractivity contribution in [1.29, 1.82) is 0 Å². The molecule has 32 heavy (non-hydrogen) atoms. The van der Waals surface area contributed by atoms with E-state index in [1.165, 1.54) is 23.5 Å². The zero-order valence-corrected chi connectivity index (χ0v) is 17.6. The molecule has 2 heterocycles. The maximum Gasteiger partial charge on any atom is 0.387 e. The van der Waals surface area contributed by atoms with Crippen LogP contribution in [0.4, 0.5) is 13.9 Å². The number of aromatic nitrogens is 1. The summed E-state index contributed by atoms with van der Waals surface area (Å²) in [5, 5.41) is 3.04. The molecule has 0 bridgehead atoms. The number of fused-ring (bicyclic) bond motifs is 1. The van der Waals surface area contributed by atoms with E-state index in [1.807, 2.05) is 6.92 Å². The molecule has 3 aromatic rings. The molecule has 10 heteroatoms. The van der Waals surface area contributed by atoms with Crippen molar-refractivity contribution in [2.24, 2.45) is 0 Å². The largest absolute Gasteiger partial charge is 0.435 e. The Bertz CT molecular complexity index is 1160. The van der Waals surface area contributed by atoms with Gasteiger partial charge >= 0.3 is 6.61 Å². The number of aryl methyl sites for hydroxylation is 1. The van der Waals surface area contributed by atoms with Crippen LogP contribution in [-0.2, 0) is 4.79 Å². The molecule has 0 radical (unpaired) electrons. The van der Waals surface area contributed by atoms with Gasteiger partial charge in [0.25, 0.3) is 11.8 Å². The molecule has 0 aliphatic carbocycles. The molecular formula is C22H17F2N3O4S. The highest BCUT2D eigenvalue weighted by Crippen LogP contribution is 2.31. The minimum absolute atomic E-state index is 0.0401. The second-order valence-corrected chi connectivity index (χ2v) is 8.14. The molecule has 1 N–H and O–H groups in total. The van der Waals surface area contributed by atoms with Crippen molar-refractivity contribution in [2.75, 3.05) is 11.9 Å². The zero-order valence-electron chi connectivity index (χ0n) is 16.8. The Balaban J connectivity index is 1.38. The van der Waals surface area contributed by atoms with Crippen LogP contribution in [0.15, 0.2) is 48.5 Å². The van der Waals surface area contributed by atoms with Gasteiger partial charge in [-0.25, -0.2) is 4.98 Å². The Labute approximate surface area is 185 Å². The molecule has 4 rings (SSSR count). The highest BCUT2D eigenvalue weighted by Gasteiger charge is 2.35. The minimum Gasteiger partial charge on any atom is -0.435 e. The van der Waals surface area contributed by atoms with E-state index in [1.54, 1.807) is 36.4 Å². The van der Waals surface area contributed by atoms with Crippen molar-refractivity contribution in [2.45, 2.75) is 20.0 Å². The predicted octanol–water partition coefficient (Wildman–Crippen LogP) is 4.34. The molecule has 0 saturated heterocycles. The normalized spacial score (nSPS) is 12.9. The van der Waals surface area contributed by atoms with Gasteiger partial charge in [0, 0.05) is 23.4 Å². The Kier molecular flexibility index (Phi) is 5.95. The summed E-state index contributed by atoms with van der Waals surface area (Å²) < 4.78 is 28.9. The number of ether oxygens (including phenoxy) is 1. The van der Waals surface area contributed by atoms with E-state index in [9.17, 15) is 23.2 Å². The average Bonchev–Trinajstić information content (AvgIpc) is 3.24. The first-order chi connectivity index (χ1) is 15.3. The summed E-state index contributed by atoms with van der Waals surface area (Å²) in [6, 6.07) is 12.6. The van der Waals surface area contributed by atoms with Crippen molar-refractivity contribution in [1.82, 2.24) is 9.88 Å². The van der Waals surface area contributed by atoms with Crippen LogP contribution >= 0.6 is 11.3 Å². The van der Waals surface area contributed by atoms with E-state index < -0.39 is 18.4 Å². The van der Waals surface area contributed by atoms with Crippen LogP contribution in [0.3, 0.4) is 0 Å². The van der Waals surface area contributed by atoms with Crippen molar-refractivity contribution in [3.8, 4) is 17.0 Å². The summed E-state index contributed by atoms with van der Waals surface area (Å²) in [7, 11) is 0. The van der Waals surface area contributed by atoms with Gasteiger partial charge in [0.05, 0.1) is 16.8 Å². The van der Waals surface area contributed by atoms with Crippen molar-refractivity contribution >= 4 is 34.2 Å². The molecule has 2 aromatic carbocycles. The maximum atomic E-state index is 12.4. The molecule has 0 atom stereocenters. The number of carbonyl (C=O) groups is 3. The first-order valence-electron chi connectivity index (χ1n) is 9.61. The quantitative estimate of drug-likeness (QED) is 0.533. The van der Waals surface area contributed by atoms with E-state index in [0.29, 0.717) is 27.5 Å². The Morgan fingerprint density at radius 3 is 2.31 bits per heavy atom. The van der Waals surface area contributed by atoms with Gasteiger partial charge in [-0.3, -0.25) is 19.3 Å². The van der Waals surface area contributed by atoms with E-state index in [4.69, 9.17) is 0 Å². The first-order valence-corrected chi connectivity index (χ1v) is 10.4. The number of rotatable bonds is 7. The third-order valence-electron chi connectivity index (χ3n) is 4.84. The maximum absolute atomic E-state index is 12.4. The summed E-state index contributed by atoms with van der Waals surface area (Å²) in [6.45, 7) is -1.12. The molecule has 0 spiro atoms. The molecule has 3 amide bonds. The third kappa shape index (κ3) is 4.35. The fourth-order valence-electron chi connectivity index (χ4n) is 3.35. The number of alkyl halides is 2. The van der Waals surface area contributed by atoms with Crippen LogP contribution in [0, 0.1) is 6.92 Å². The van der Waals surface area contributed by atoms with Gasteiger partial charge in [0.15, 0.2) is 5.13 Å². The van der Waals surface area contributed by atoms with Gasteiger partial charge in [0.1, 0.15) is 5.75 Å². The van der Waals surface area contributed by atoms with Crippen LogP contribution in [0.2, 0.25) is 0 Å². The number of benzene rings is 2. The van der Waals surface area contributed by atoms with Crippen molar-refractivity contribution in [3.63, 3.8) is 0 Å². The highest BCUT2D eigenvalue weighted by molar-refractivity contribution is 7.16. The van der Waals surface area contributed by atoms with E-state index >= 15 is 0 Å². The molecular weight excluding hydrogens is 440 g/mol. The predicted molar refractivity (Wildman–Crippen MR) is 114 cm³/mol. The first kappa shape index (κ1) is 21.6. The van der Waals surface area contributed by atoms with E-state index in [0.717, 1.165) is 9.78 Å². The fourth-order valence-corrected chi connectivity index (χ4v) is 4.20. The van der Waals surface area contributed by atoms with Crippen LogP contribution in [0.25, 0.3) is 11.3 Å². The smallest absolute Gasteiger partial charge is 0.387 e. The number of imide groups is 1. The van der Waals surface area contributed by atoms with Crippen molar-refractivity contribution < 1.29 is 27.9 Å². The number of amides is 3. The monoisotopic (exact) mass is 457 g/mol. The number of halogens is 2. The second kappa shape index (κ2) is 8.83. The SMILES string of the molecule is Cc1sc(NC(=O)CCN2C(=O)c3ccccc3C2=O)nc1-c1ccc(OC(F)F)cc1. The summed E-state index contributed by atoms with van der Waals surface area (Å²) in [6.07, 6.45) is -0.0703. The summed E-state index contributed by atoms with van der Waals surface area (Å²) in [4.78, 5) is 43.4. The number of nitrogens with one attached hydrogen (secondary N) is 1. The van der Waals surface area contributed by atoms with Crippen LogP contribution in [-0.4, -0.2) is 40.8 Å². The van der Waals surface area contributed by atoms with Crippen LogP contribution < -0.4 is 10.1 Å². The lowest BCUT2D eigenvalue weighted by atomic mass is 10.1. The van der Waals surface area contributed by atoms with Gasteiger partial charge in [-0.05, 0) is 43.3 Å². The standard InChI is InChI=1S/C22H17F2N3O4S/c1-12-18(13-6-8-14(9-7-13)31-21(23)24)26-22(32-12)25-17(28)10-11-27-19(29)15-4-2-3-5-16(15)20(27)30/h2-9,21H,10-11H2,1H3,(H,25,26,28). The van der Waals surface area contributed by atoms with Gasteiger partial charge in [-0.1, -0.05) is 12.1 Å². The van der Waals surface area contributed by atoms with E-state index in [-0.39, 0.29) is 24.6 Å². The Morgan fingerprint density at radius 1 is 1.09 bits per heavy atom. The molecule has 0 fully saturated rings. The fraction of sp³-hybridized carbons (Fsp3) is 0.182. The minimum atomic E-state index is -2.90. The second-order valence-electron chi connectivity index (χ2n) is 6.93. The lowest BCUT2D eigenvalue weighted by molar-refractivity contribution is -0.116. The highest BCUT2D eigenvalue weighted by atomic mass is 32.1. The number of hydrogen-bond acceptors (Lipinski definition) is 6. The van der Waals surface area contributed by atoms with Gasteiger partial charge < -0.3 is 10.1 Å². The summed E-state index contributed by atoms with van der Waals surface area (Å²) >= 11 is 1.26. The Hall–Kier alpha value is -3.66. The van der Waals surface area contributed by atoms with Gasteiger partial charge in [-0.15, -0.1) is 11.3 Å². The molecule has 7 nitrogen and oxygen atoms in total. The van der Waals surface area contributed by atoms with Gasteiger partial charge in [-0.2, -0.15) is 8.78 Å². The topological polar surface area (TPSA) is 88.6 Å². The molecule has 164 valence electrons. The lowest BCUT2D eigenvalue weighted by Crippen LogP contribution is -2.32. The van der Waals surface area contributed by atoms with Crippen molar-refractivity contribution in [3.05, 3.63) is 64.5 Å². The van der Waals surface area contributed by atoms with Gasteiger partial charge in [0.2, 0.25) is 5.91 Å². The average molecular weight is 457 g/mol. The summed E-state index contributed by atoms with van der Waals surface area (Å²) in [5.74, 6) is -1.17. The molecule has 0 saturated carbocycles. The number of anilines is 1. The number of carbonyl (C=O) groups excluding carboxylic acids is 3. The van der Waals surface area contributed by atoms with Crippen LogP contribution in [0.1, 0.15) is 32.0 Å². The summed E-state index contributed by atoms with van der Waals surface area (Å²) in [5.41, 5.74) is 1.97. The third-order valence-corrected chi connectivity index (χ3v) is 5.72. The van der Waals surface area contributed by atoms with Crippen LogP contribution in [0.5, 0.6) is 5.75 Å². The molecule has 0 unspecified atom stereocenters. The molecule has 1 aromatic heterocycles. The molecule has 1 aliphatic rings. The number of thiazole rings is 1. The Morgan fingerprint density at radius 2 is 1.72 bits per heavy atom. The lowest BCUT2D eigenvalue weighted by Gasteiger charge is -2.12.